The smallest absolute Gasteiger partial charge is 0.419 e. The molecule has 0 spiro atoms. The molecule has 0 saturated carbocycles. The molecule has 1 aromatic heterocycles. The van der Waals surface area contributed by atoms with Crippen molar-refractivity contribution in [3.05, 3.63) is 95.7 Å². The van der Waals surface area contributed by atoms with Crippen LogP contribution in [0.15, 0.2) is 79.0 Å². The molecule has 228 valence electrons. The number of carboxylic acids is 1. The van der Waals surface area contributed by atoms with Gasteiger partial charge in [-0.15, -0.1) is 0 Å². The molecule has 44 heavy (non-hydrogen) atoms. The molecule has 0 bridgehead atoms. The molecular weight excluding hydrogens is 562 g/mol. The summed E-state index contributed by atoms with van der Waals surface area (Å²) in [5.74, 6) is -1.86. The molecule has 10 heteroatoms. The molecule has 1 atom stereocenters. The van der Waals surface area contributed by atoms with Gasteiger partial charge in [0.05, 0.1) is 5.52 Å². The predicted molar refractivity (Wildman–Crippen MR) is 165 cm³/mol. The van der Waals surface area contributed by atoms with Crippen molar-refractivity contribution in [2.45, 2.75) is 51.2 Å². The highest BCUT2D eigenvalue weighted by molar-refractivity contribution is 5.93. The first-order valence-corrected chi connectivity index (χ1v) is 14.4. The minimum atomic E-state index is -1.25. The summed E-state index contributed by atoms with van der Waals surface area (Å²) in [5.41, 5.74) is 4.85. The third-order valence-electron chi connectivity index (χ3n) is 7.41. The lowest BCUT2D eigenvalue weighted by molar-refractivity contribution is -0.141. The fourth-order valence-corrected chi connectivity index (χ4v) is 5.49. The Balaban J connectivity index is 1.15. The molecule has 5 rings (SSSR count). The molecule has 3 aromatic carbocycles. The standard InChI is InChI=1S/C34H35N3O7/c1-34(2,3)44-33(42)37-19-21(22-10-8-9-15-29(22)37)18-28(31(39)40)36-30(38)16-17-35-32(41)43-20-27-25-13-6-4-11-23(25)24-12-5-7-14-26(24)27/h4-15,19,27-28H,16-18,20H2,1-3H3,(H,35,41)(H,36,38)(H,39,40)/t28-/m1/s1. The zero-order valence-corrected chi connectivity index (χ0v) is 24.8. The second-order valence-corrected chi connectivity index (χ2v) is 11.7. The van der Waals surface area contributed by atoms with Crippen molar-refractivity contribution in [3.8, 4) is 11.1 Å². The van der Waals surface area contributed by atoms with Crippen molar-refractivity contribution >= 4 is 35.0 Å². The summed E-state index contributed by atoms with van der Waals surface area (Å²) in [6.07, 6.45) is 0.0873. The molecule has 1 aliphatic carbocycles. The molecule has 1 aliphatic rings. The Kier molecular flexibility index (Phi) is 8.71. The summed E-state index contributed by atoms with van der Waals surface area (Å²) in [4.78, 5) is 50.0. The number of ether oxygens (including phenoxy) is 2. The summed E-state index contributed by atoms with van der Waals surface area (Å²) < 4.78 is 12.3. The Morgan fingerprint density at radius 3 is 2.16 bits per heavy atom. The number of fused-ring (bicyclic) bond motifs is 4. The highest BCUT2D eigenvalue weighted by Crippen LogP contribution is 2.44. The SMILES string of the molecule is CC(C)(C)OC(=O)n1cc(C[C@@H](NC(=O)CCNC(=O)OCC2c3ccccc3-c3ccccc32)C(=O)O)c2ccccc21. The molecule has 3 N–H and O–H groups in total. The van der Waals surface area contributed by atoms with Gasteiger partial charge in [0.2, 0.25) is 5.91 Å². The number of rotatable bonds is 9. The van der Waals surface area contributed by atoms with Crippen molar-refractivity contribution in [2.24, 2.45) is 0 Å². The number of carbonyl (C=O) groups is 4. The summed E-state index contributed by atoms with van der Waals surface area (Å²) >= 11 is 0. The van der Waals surface area contributed by atoms with E-state index in [-0.39, 0.29) is 31.9 Å². The van der Waals surface area contributed by atoms with Gasteiger partial charge in [0.1, 0.15) is 18.2 Å². The number of nitrogens with one attached hydrogen (secondary N) is 2. The zero-order valence-electron chi connectivity index (χ0n) is 24.8. The largest absolute Gasteiger partial charge is 0.480 e. The zero-order chi connectivity index (χ0) is 31.4. The number of amides is 2. The number of nitrogens with zero attached hydrogens (tertiary/aromatic N) is 1. The normalized spacial score (nSPS) is 13.1. The average Bonchev–Trinajstić information content (AvgIpc) is 3.51. The molecule has 1 heterocycles. The van der Waals surface area contributed by atoms with Gasteiger partial charge >= 0.3 is 18.2 Å². The van der Waals surface area contributed by atoms with E-state index in [1.165, 1.54) is 4.57 Å². The van der Waals surface area contributed by atoms with Crippen LogP contribution in [-0.2, 0) is 25.5 Å². The number of carbonyl (C=O) groups excluding carboxylic acids is 3. The summed E-state index contributed by atoms with van der Waals surface area (Å²) in [7, 11) is 0. The third-order valence-corrected chi connectivity index (χ3v) is 7.41. The topological polar surface area (TPSA) is 136 Å². The lowest BCUT2D eigenvalue weighted by Crippen LogP contribution is -2.43. The maximum absolute atomic E-state index is 12.8. The summed E-state index contributed by atoms with van der Waals surface area (Å²) in [6.45, 7) is 5.39. The Morgan fingerprint density at radius 2 is 1.52 bits per heavy atom. The highest BCUT2D eigenvalue weighted by Gasteiger charge is 2.29. The number of aliphatic carboxylic acids is 1. The number of aromatic nitrogens is 1. The van der Waals surface area contributed by atoms with Crippen molar-refractivity contribution in [2.75, 3.05) is 13.2 Å². The molecule has 4 aromatic rings. The van der Waals surface area contributed by atoms with E-state index in [0.29, 0.717) is 16.5 Å². The molecule has 2 amide bonds. The molecule has 10 nitrogen and oxygen atoms in total. The van der Waals surface area contributed by atoms with Crippen LogP contribution in [0.4, 0.5) is 9.59 Å². The average molecular weight is 598 g/mol. The summed E-state index contributed by atoms with van der Waals surface area (Å²) in [5, 5.41) is 15.6. The second-order valence-electron chi connectivity index (χ2n) is 11.7. The van der Waals surface area contributed by atoms with E-state index in [4.69, 9.17) is 9.47 Å². The molecule has 0 saturated heterocycles. The molecule has 0 aliphatic heterocycles. The van der Waals surface area contributed by atoms with Gasteiger partial charge in [0, 0.05) is 36.9 Å². The Hall–Kier alpha value is -5.12. The van der Waals surface area contributed by atoms with E-state index < -0.39 is 35.7 Å². The van der Waals surface area contributed by atoms with E-state index >= 15 is 0 Å². The van der Waals surface area contributed by atoms with E-state index in [1.54, 1.807) is 51.2 Å². The van der Waals surface area contributed by atoms with Gasteiger partial charge in [0.15, 0.2) is 0 Å². The number of para-hydroxylation sites is 1. The number of hydrogen-bond acceptors (Lipinski definition) is 6. The van der Waals surface area contributed by atoms with Crippen LogP contribution in [0.2, 0.25) is 0 Å². The molecule has 0 unspecified atom stereocenters. The fraction of sp³-hybridized carbons (Fsp3) is 0.294. The number of carboxylic acid groups (broad SMARTS) is 1. The first-order chi connectivity index (χ1) is 21.0. The molecular formula is C34H35N3O7. The van der Waals surface area contributed by atoms with Gasteiger partial charge in [-0.2, -0.15) is 0 Å². The number of alkyl carbamates (subject to hydrolysis) is 1. The van der Waals surface area contributed by atoms with Crippen molar-refractivity contribution in [3.63, 3.8) is 0 Å². The fourth-order valence-electron chi connectivity index (χ4n) is 5.49. The van der Waals surface area contributed by atoms with Gasteiger partial charge in [-0.3, -0.25) is 9.36 Å². The van der Waals surface area contributed by atoms with E-state index in [1.807, 2.05) is 36.4 Å². The number of hydrogen-bond donors (Lipinski definition) is 3. The van der Waals surface area contributed by atoms with Gasteiger partial charge in [-0.25, -0.2) is 14.4 Å². The van der Waals surface area contributed by atoms with Crippen LogP contribution in [-0.4, -0.2) is 58.5 Å². The monoisotopic (exact) mass is 597 g/mol. The van der Waals surface area contributed by atoms with E-state index in [9.17, 15) is 24.3 Å². The maximum atomic E-state index is 12.8. The van der Waals surface area contributed by atoms with Crippen LogP contribution in [0.25, 0.3) is 22.0 Å². The Morgan fingerprint density at radius 1 is 0.909 bits per heavy atom. The highest BCUT2D eigenvalue weighted by atomic mass is 16.6. The summed E-state index contributed by atoms with van der Waals surface area (Å²) in [6, 6.07) is 21.9. The van der Waals surface area contributed by atoms with Crippen molar-refractivity contribution < 1.29 is 33.8 Å². The minimum absolute atomic E-state index is 0.0349. The van der Waals surface area contributed by atoms with Gasteiger partial charge in [-0.1, -0.05) is 66.7 Å². The molecule has 0 radical (unpaired) electrons. The lowest BCUT2D eigenvalue weighted by atomic mass is 9.98. The van der Waals surface area contributed by atoms with Crippen LogP contribution < -0.4 is 10.6 Å². The van der Waals surface area contributed by atoms with Gasteiger partial charge in [0.25, 0.3) is 0 Å². The lowest BCUT2D eigenvalue weighted by Gasteiger charge is -2.19. The van der Waals surface area contributed by atoms with Crippen LogP contribution >= 0.6 is 0 Å². The predicted octanol–water partition coefficient (Wildman–Crippen LogP) is 5.47. The first-order valence-electron chi connectivity index (χ1n) is 14.4. The third kappa shape index (κ3) is 6.75. The molecule has 0 fully saturated rings. The minimum Gasteiger partial charge on any atom is -0.480 e. The van der Waals surface area contributed by atoms with Gasteiger partial charge in [-0.05, 0) is 54.7 Å². The number of benzene rings is 3. The van der Waals surface area contributed by atoms with Gasteiger partial charge < -0.3 is 25.2 Å². The Bertz CT molecular complexity index is 1670. The van der Waals surface area contributed by atoms with Crippen molar-refractivity contribution in [1.29, 1.82) is 0 Å². The van der Waals surface area contributed by atoms with E-state index in [0.717, 1.165) is 22.3 Å². The van der Waals surface area contributed by atoms with E-state index in [2.05, 4.69) is 22.8 Å². The maximum Gasteiger partial charge on any atom is 0.419 e. The van der Waals surface area contributed by atoms with Crippen LogP contribution in [0.1, 0.15) is 49.8 Å². The second kappa shape index (κ2) is 12.6. The quantitative estimate of drug-likeness (QED) is 0.233. The Labute approximate surface area is 255 Å². The van der Waals surface area contributed by atoms with Crippen LogP contribution in [0.5, 0.6) is 0 Å². The van der Waals surface area contributed by atoms with Crippen molar-refractivity contribution in [1.82, 2.24) is 15.2 Å². The first kappa shape index (κ1) is 30.3. The van der Waals surface area contributed by atoms with Crippen LogP contribution in [0.3, 0.4) is 0 Å². The van der Waals surface area contributed by atoms with Crippen LogP contribution in [0, 0.1) is 0 Å².